The Morgan fingerprint density at radius 2 is 1.69 bits per heavy atom. The number of nitrogens with one attached hydrogen (secondary N) is 1. The second-order valence-corrected chi connectivity index (χ2v) is 9.32. The summed E-state index contributed by atoms with van der Waals surface area (Å²) in [5, 5.41) is 3.66. The molecule has 8 heteroatoms. The summed E-state index contributed by atoms with van der Waals surface area (Å²) in [6.07, 6.45) is 0.379. The van der Waals surface area contributed by atoms with Crippen molar-refractivity contribution in [1.82, 2.24) is 5.32 Å². The summed E-state index contributed by atoms with van der Waals surface area (Å²) in [5.74, 6) is -1.23. The SMILES string of the molecule is CC(=O)C(Cc1ccccc1)NC(=O)COC(=O)c1cc(-c2ccccc2)c(N2CCOCC2)s1. The second kappa shape index (κ2) is 11.8. The molecule has 2 aromatic carbocycles. The predicted molar refractivity (Wildman–Crippen MR) is 136 cm³/mol. The van der Waals surface area contributed by atoms with Crippen LogP contribution in [0.5, 0.6) is 0 Å². The smallest absolute Gasteiger partial charge is 0.348 e. The van der Waals surface area contributed by atoms with Gasteiger partial charge < -0.3 is 19.7 Å². The van der Waals surface area contributed by atoms with Crippen LogP contribution in [0.1, 0.15) is 22.2 Å². The quantitative estimate of drug-likeness (QED) is 0.458. The predicted octanol–water partition coefficient (Wildman–Crippen LogP) is 3.73. The highest BCUT2D eigenvalue weighted by atomic mass is 32.1. The monoisotopic (exact) mass is 492 g/mol. The van der Waals surface area contributed by atoms with E-state index in [0.717, 1.165) is 34.8 Å². The molecule has 1 fully saturated rings. The van der Waals surface area contributed by atoms with Crippen molar-refractivity contribution in [2.24, 2.45) is 0 Å². The first-order chi connectivity index (χ1) is 17.0. The van der Waals surface area contributed by atoms with E-state index in [1.807, 2.05) is 66.7 Å². The number of benzene rings is 2. The summed E-state index contributed by atoms with van der Waals surface area (Å²) in [4.78, 5) is 40.0. The average Bonchev–Trinajstić information content (AvgIpc) is 3.34. The fourth-order valence-electron chi connectivity index (χ4n) is 3.89. The van der Waals surface area contributed by atoms with E-state index in [4.69, 9.17) is 9.47 Å². The van der Waals surface area contributed by atoms with Crippen LogP contribution in [0.2, 0.25) is 0 Å². The van der Waals surface area contributed by atoms with Crippen LogP contribution in [0.3, 0.4) is 0 Å². The summed E-state index contributed by atoms with van der Waals surface area (Å²) in [7, 11) is 0. The molecular weight excluding hydrogens is 464 g/mol. The number of ketones is 1. The standard InChI is InChI=1S/C27H28N2O5S/c1-19(30)23(16-20-8-4-2-5-9-20)28-25(31)18-34-27(32)24-17-22(21-10-6-3-7-11-21)26(35-24)29-12-14-33-15-13-29/h2-11,17,23H,12-16,18H2,1H3,(H,28,31). The molecule has 3 aromatic rings. The number of Topliss-reactive ketones (excluding diaryl/α,β-unsaturated/α-hetero) is 1. The lowest BCUT2D eigenvalue weighted by Crippen LogP contribution is -2.43. The molecule has 1 aromatic heterocycles. The van der Waals surface area contributed by atoms with Gasteiger partial charge in [-0.3, -0.25) is 9.59 Å². The molecule has 2 heterocycles. The van der Waals surface area contributed by atoms with Crippen molar-refractivity contribution in [3.63, 3.8) is 0 Å². The molecule has 0 bridgehead atoms. The number of morpholine rings is 1. The Morgan fingerprint density at radius 3 is 2.34 bits per heavy atom. The average molecular weight is 493 g/mol. The number of thiophene rings is 1. The van der Waals surface area contributed by atoms with E-state index in [-0.39, 0.29) is 5.78 Å². The van der Waals surface area contributed by atoms with E-state index in [0.29, 0.717) is 24.5 Å². The third-order valence-electron chi connectivity index (χ3n) is 5.74. The maximum atomic E-state index is 12.8. The van der Waals surface area contributed by atoms with Crippen molar-refractivity contribution in [3.05, 3.63) is 77.2 Å². The number of carbonyl (C=O) groups excluding carboxylic acids is 3. The zero-order valence-electron chi connectivity index (χ0n) is 19.6. The van der Waals surface area contributed by atoms with E-state index in [1.165, 1.54) is 18.3 Å². The van der Waals surface area contributed by atoms with Gasteiger partial charge in [0.05, 0.1) is 24.3 Å². The third-order valence-corrected chi connectivity index (χ3v) is 6.92. The lowest BCUT2D eigenvalue weighted by Gasteiger charge is -2.28. The van der Waals surface area contributed by atoms with Crippen LogP contribution in [0.15, 0.2) is 66.7 Å². The van der Waals surface area contributed by atoms with Gasteiger partial charge in [0.15, 0.2) is 12.4 Å². The first-order valence-electron chi connectivity index (χ1n) is 11.5. The third kappa shape index (κ3) is 6.55. The molecule has 0 saturated carbocycles. The number of hydrogen-bond acceptors (Lipinski definition) is 7. The molecule has 182 valence electrons. The van der Waals surface area contributed by atoms with Crippen molar-refractivity contribution in [2.45, 2.75) is 19.4 Å². The van der Waals surface area contributed by atoms with E-state index in [9.17, 15) is 14.4 Å². The first kappa shape index (κ1) is 24.6. The van der Waals surface area contributed by atoms with Crippen LogP contribution in [0, 0.1) is 0 Å². The number of ether oxygens (including phenoxy) is 2. The van der Waals surface area contributed by atoms with Gasteiger partial charge in [0.2, 0.25) is 0 Å². The minimum atomic E-state index is -0.678. The van der Waals surface area contributed by atoms with E-state index in [1.54, 1.807) is 0 Å². The highest BCUT2D eigenvalue weighted by molar-refractivity contribution is 7.18. The Kier molecular flexibility index (Phi) is 8.28. The Hall–Kier alpha value is -3.49. The zero-order chi connectivity index (χ0) is 24.6. The summed E-state index contributed by atoms with van der Waals surface area (Å²) < 4.78 is 10.8. The van der Waals surface area contributed by atoms with Crippen LogP contribution in [0.25, 0.3) is 11.1 Å². The normalized spacial score (nSPS) is 14.3. The van der Waals surface area contributed by atoms with Gasteiger partial charge in [0.1, 0.15) is 4.88 Å². The van der Waals surface area contributed by atoms with Gasteiger partial charge in [-0.15, -0.1) is 11.3 Å². The lowest BCUT2D eigenvalue weighted by molar-refractivity contribution is -0.128. The molecule has 1 N–H and O–H groups in total. The Bertz CT molecular complexity index is 1160. The van der Waals surface area contributed by atoms with Gasteiger partial charge in [-0.1, -0.05) is 60.7 Å². The Labute approximate surface area is 208 Å². The van der Waals surface area contributed by atoms with Crippen molar-refractivity contribution in [2.75, 3.05) is 37.8 Å². The molecule has 0 aliphatic carbocycles. The van der Waals surface area contributed by atoms with Crippen molar-refractivity contribution in [1.29, 1.82) is 0 Å². The minimum absolute atomic E-state index is 0.158. The number of amides is 1. The molecule has 35 heavy (non-hydrogen) atoms. The lowest BCUT2D eigenvalue weighted by atomic mass is 10.0. The van der Waals surface area contributed by atoms with Crippen molar-refractivity contribution < 1.29 is 23.9 Å². The molecule has 7 nitrogen and oxygen atoms in total. The van der Waals surface area contributed by atoms with E-state index in [2.05, 4.69) is 10.2 Å². The number of hydrogen-bond donors (Lipinski definition) is 1. The van der Waals surface area contributed by atoms with Crippen LogP contribution in [0.4, 0.5) is 5.00 Å². The van der Waals surface area contributed by atoms with Crippen molar-refractivity contribution in [3.8, 4) is 11.1 Å². The Morgan fingerprint density at radius 1 is 1.03 bits per heavy atom. The molecule has 1 atom stereocenters. The second-order valence-electron chi connectivity index (χ2n) is 8.29. The number of esters is 1. The van der Waals surface area contributed by atoms with Gasteiger partial charge in [-0.05, 0) is 30.5 Å². The number of carbonyl (C=O) groups is 3. The zero-order valence-corrected chi connectivity index (χ0v) is 20.4. The number of anilines is 1. The number of nitrogens with zero attached hydrogens (tertiary/aromatic N) is 1. The highest BCUT2D eigenvalue weighted by Crippen LogP contribution is 2.39. The Balaban J connectivity index is 1.42. The molecule has 0 spiro atoms. The van der Waals surface area contributed by atoms with E-state index < -0.39 is 24.5 Å². The van der Waals surface area contributed by atoms with Crippen LogP contribution >= 0.6 is 11.3 Å². The maximum Gasteiger partial charge on any atom is 0.348 e. The first-order valence-corrected chi connectivity index (χ1v) is 12.4. The summed E-state index contributed by atoms with van der Waals surface area (Å²) in [6.45, 7) is 3.72. The maximum absolute atomic E-state index is 12.8. The molecule has 1 aliphatic rings. The van der Waals surface area contributed by atoms with Crippen molar-refractivity contribution >= 4 is 34.0 Å². The van der Waals surface area contributed by atoms with Gasteiger partial charge in [0, 0.05) is 18.7 Å². The topological polar surface area (TPSA) is 84.9 Å². The van der Waals surface area contributed by atoms with Gasteiger partial charge >= 0.3 is 5.97 Å². The number of rotatable bonds is 9. The fourth-order valence-corrected chi connectivity index (χ4v) is 5.02. The molecule has 1 unspecified atom stereocenters. The fraction of sp³-hybridized carbons (Fsp3) is 0.296. The molecule has 1 aliphatic heterocycles. The summed E-state index contributed by atoms with van der Waals surface area (Å²) in [6, 6.07) is 20.5. The molecule has 1 amide bonds. The van der Waals surface area contributed by atoms with Crippen LogP contribution in [-0.4, -0.2) is 56.6 Å². The van der Waals surface area contributed by atoms with Gasteiger partial charge in [0.25, 0.3) is 5.91 Å². The summed E-state index contributed by atoms with van der Waals surface area (Å²) >= 11 is 1.35. The molecule has 4 rings (SSSR count). The van der Waals surface area contributed by atoms with Crippen LogP contribution < -0.4 is 10.2 Å². The molecule has 1 saturated heterocycles. The molecular formula is C27H28N2O5S. The minimum Gasteiger partial charge on any atom is -0.451 e. The van der Waals surface area contributed by atoms with Crippen LogP contribution in [-0.2, 0) is 25.5 Å². The van der Waals surface area contributed by atoms with Gasteiger partial charge in [-0.25, -0.2) is 4.79 Å². The summed E-state index contributed by atoms with van der Waals surface area (Å²) in [5.41, 5.74) is 2.90. The van der Waals surface area contributed by atoms with E-state index >= 15 is 0 Å². The van der Waals surface area contributed by atoms with Gasteiger partial charge in [-0.2, -0.15) is 0 Å². The highest BCUT2D eigenvalue weighted by Gasteiger charge is 2.24. The largest absolute Gasteiger partial charge is 0.451 e. The molecule has 0 radical (unpaired) electrons.